The van der Waals surface area contributed by atoms with E-state index in [1.54, 1.807) is 73.7 Å². The molecule has 1 atom stereocenters. The molecule has 5 rings (SSSR count). The molecule has 0 aromatic heterocycles. The molecule has 0 aliphatic carbocycles. The summed E-state index contributed by atoms with van der Waals surface area (Å²) in [5.41, 5.74) is 2.47. The van der Waals surface area contributed by atoms with Crippen LogP contribution >= 0.6 is 23.2 Å². The average Bonchev–Trinajstić information content (AvgIpc) is 2.95. The Morgan fingerprint density at radius 1 is 1.00 bits per heavy atom. The van der Waals surface area contributed by atoms with Gasteiger partial charge in [-0.1, -0.05) is 35.3 Å². The lowest BCUT2D eigenvalue weighted by Gasteiger charge is -2.25. The molecule has 1 amide bonds. The van der Waals surface area contributed by atoms with Gasteiger partial charge >= 0.3 is 5.97 Å². The van der Waals surface area contributed by atoms with Crippen molar-refractivity contribution in [3.63, 3.8) is 0 Å². The van der Waals surface area contributed by atoms with Gasteiger partial charge in [0.1, 0.15) is 23.1 Å². The second kappa shape index (κ2) is 12.0. The smallest absolute Gasteiger partial charge is 0.313 e. The molecule has 4 aromatic carbocycles. The van der Waals surface area contributed by atoms with Crippen molar-refractivity contribution in [3.8, 4) is 28.4 Å². The van der Waals surface area contributed by atoms with E-state index in [1.165, 1.54) is 12.1 Å². The largest absolute Gasteiger partial charge is 0.493 e. The van der Waals surface area contributed by atoms with Crippen LogP contribution in [-0.2, 0) is 9.53 Å². The molecule has 204 valence electrons. The van der Waals surface area contributed by atoms with Gasteiger partial charge in [-0.25, -0.2) is 4.39 Å². The first-order valence-corrected chi connectivity index (χ1v) is 13.4. The Balaban J connectivity index is 1.28. The molecule has 40 heavy (non-hydrogen) atoms. The summed E-state index contributed by atoms with van der Waals surface area (Å²) in [4.78, 5) is 25.2. The van der Waals surface area contributed by atoms with E-state index in [0.29, 0.717) is 74.9 Å². The minimum atomic E-state index is -0.448. The van der Waals surface area contributed by atoms with E-state index in [0.717, 1.165) is 0 Å². The molecule has 9 heteroatoms. The second-order valence-corrected chi connectivity index (χ2v) is 9.89. The van der Waals surface area contributed by atoms with Gasteiger partial charge < -0.3 is 19.5 Å². The summed E-state index contributed by atoms with van der Waals surface area (Å²) in [6.45, 7) is 2.43. The summed E-state index contributed by atoms with van der Waals surface area (Å²) in [6.07, 6.45) is 0.506. The van der Waals surface area contributed by atoms with Crippen LogP contribution in [0.1, 0.15) is 35.2 Å². The van der Waals surface area contributed by atoms with Crippen LogP contribution in [0.2, 0.25) is 10.0 Å². The quantitative estimate of drug-likeness (QED) is 0.223. The van der Waals surface area contributed by atoms with Crippen LogP contribution in [0.25, 0.3) is 11.1 Å². The van der Waals surface area contributed by atoms with Crippen molar-refractivity contribution in [1.82, 2.24) is 0 Å². The van der Waals surface area contributed by atoms with Gasteiger partial charge in [-0.3, -0.25) is 9.59 Å². The zero-order chi connectivity index (χ0) is 28.2. The predicted molar refractivity (Wildman–Crippen MR) is 152 cm³/mol. The van der Waals surface area contributed by atoms with Crippen LogP contribution in [0.3, 0.4) is 0 Å². The second-order valence-electron chi connectivity index (χ2n) is 9.04. The molecule has 1 heterocycles. The SMILES string of the molecule is CCOC(=O)C1CCOc2cc(Oc3ccc(C(=O)Nc4ccc(F)c(-c5ccc(Cl)cc5)c4)cc3)c(Cl)cc21. The number of hydrogen-bond donors (Lipinski definition) is 1. The molecule has 0 fully saturated rings. The molecule has 1 aliphatic rings. The highest BCUT2D eigenvalue weighted by Gasteiger charge is 2.30. The minimum absolute atomic E-state index is 0.294. The van der Waals surface area contributed by atoms with E-state index >= 15 is 0 Å². The first-order valence-electron chi connectivity index (χ1n) is 12.6. The molecule has 6 nitrogen and oxygen atoms in total. The third-order valence-corrected chi connectivity index (χ3v) is 6.95. The van der Waals surface area contributed by atoms with Gasteiger partial charge in [-0.05, 0) is 79.6 Å². The monoisotopic (exact) mass is 579 g/mol. The number of carbonyl (C=O) groups excluding carboxylic acids is 2. The number of benzene rings is 4. The van der Waals surface area contributed by atoms with Crippen LogP contribution in [0, 0.1) is 5.82 Å². The number of hydrogen-bond acceptors (Lipinski definition) is 5. The lowest BCUT2D eigenvalue weighted by Crippen LogP contribution is -2.23. The normalized spacial score (nSPS) is 14.1. The number of amides is 1. The molecule has 1 unspecified atom stereocenters. The zero-order valence-corrected chi connectivity index (χ0v) is 22.9. The van der Waals surface area contributed by atoms with Crippen molar-refractivity contribution in [2.75, 3.05) is 18.5 Å². The van der Waals surface area contributed by atoms with E-state index in [9.17, 15) is 14.0 Å². The zero-order valence-electron chi connectivity index (χ0n) is 21.4. The maximum Gasteiger partial charge on any atom is 0.313 e. The van der Waals surface area contributed by atoms with Gasteiger partial charge in [-0.15, -0.1) is 0 Å². The summed E-state index contributed by atoms with van der Waals surface area (Å²) in [7, 11) is 0. The molecular weight excluding hydrogens is 556 g/mol. The fourth-order valence-electron chi connectivity index (χ4n) is 4.41. The molecule has 0 saturated heterocycles. The van der Waals surface area contributed by atoms with Crippen molar-refractivity contribution < 1.29 is 28.2 Å². The maximum absolute atomic E-state index is 14.4. The van der Waals surface area contributed by atoms with Gasteiger partial charge in [0.2, 0.25) is 0 Å². The number of anilines is 1. The minimum Gasteiger partial charge on any atom is -0.493 e. The lowest BCUT2D eigenvalue weighted by atomic mass is 9.93. The highest BCUT2D eigenvalue weighted by Crippen LogP contribution is 2.42. The molecule has 1 N–H and O–H groups in total. The molecular formula is C31H24Cl2FNO5. The number of halogens is 3. The van der Waals surface area contributed by atoms with Crippen molar-refractivity contribution >= 4 is 40.8 Å². The third kappa shape index (κ3) is 6.06. The highest BCUT2D eigenvalue weighted by atomic mass is 35.5. The summed E-state index contributed by atoms with van der Waals surface area (Å²) in [5, 5.41) is 3.65. The fraction of sp³-hybridized carbons (Fsp3) is 0.161. The van der Waals surface area contributed by atoms with Crippen LogP contribution in [0.5, 0.6) is 17.2 Å². The standard InChI is InChI=1S/C31H24Cl2FNO5/c1-2-38-31(37)23-13-14-39-28-17-29(26(33)16-25(23)28)40-22-10-5-19(6-11-22)30(36)35-21-9-12-27(34)24(15-21)18-3-7-20(32)8-4-18/h3-12,15-17,23H,2,13-14H2,1H3,(H,35,36). The van der Waals surface area contributed by atoms with Gasteiger partial charge in [0.05, 0.1) is 24.2 Å². The first-order chi connectivity index (χ1) is 19.3. The third-order valence-electron chi connectivity index (χ3n) is 6.40. The van der Waals surface area contributed by atoms with E-state index in [1.807, 2.05) is 0 Å². The molecule has 4 aromatic rings. The number of ether oxygens (including phenoxy) is 3. The summed E-state index contributed by atoms with van der Waals surface area (Å²) < 4.78 is 31.3. The summed E-state index contributed by atoms with van der Waals surface area (Å²) >= 11 is 12.4. The average molecular weight is 580 g/mol. The Kier molecular flexibility index (Phi) is 8.24. The Labute approximate surface area is 240 Å². The van der Waals surface area contributed by atoms with Crippen LogP contribution in [0.15, 0.2) is 78.9 Å². The van der Waals surface area contributed by atoms with E-state index in [4.69, 9.17) is 37.4 Å². The molecule has 0 radical (unpaired) electrons. The van der Waals surface area contributed by atoms with Crippen molar-refractivity contribution in [1.29, 1.82) is 0 Å². The van der Waals surface area contributed by atoms with Gasteiger partial charge in [-0.2, -0.15) is 0 Å². The summed E-state index contributed by atoms with van der Waals surface area (Å²) in [6, 6.07) is 20.9. The molecule has 1 aliphatic heterocycles. The number of esters is 1. The Bertz CT molecular complexity index is 1560. The van der Waals surface area contributed by atoms with Crippen molar-refractivity contribution in [2.45, 2.75) is 19.3 Å². The molecule has 0 spiro atoms. The van der Waals surface area contributed by atoms with Gasteiger partial charge in [0.25, 0.3) is 5.91 Å². The highest BCUT2D eigenvalue weighted by molar-refractivity contribution is 6.32. The van der Waals surface area contributed by atoms with Gasteiger partial charge in [0, 0.05) is 33.5 Å². The van der Waals surface area contributed by atoms with Crippen LogP contribution in [-0.4, -0.2) is 25.1 Å². The Morgan fingerprint density at radius 2 is 1.75 bits per heavy atom. The van der Waals surface area contributed by atoms with Gasteiger partial charge in [0.15, 0.2) is 0 Å². The van der Waals surface area contributed by atoms with Crippen molar-refractivity contribution in [2.24, 2.45) is 0 Å². The number of carbonyl (C=O) groups is 2. The van der Waals surface area contributed by atoms with Crippen LogP contribution < -0.4 is 14.8 Å². The Morgan fingerprint density at radius 3 is 2.48 bits per heavy atom. The molecule has 0 saturated carbocycles. The summed E-state index contributed by atoms with van der Waals surface area (Å²) in [5.74, 6) is -0.234. The first kappa shape index (κ1) is 27.5. The topological polar surface area (TPSA) is 73.9 Å². The lowest BCUT2D eigenvalue weighted by molar-refractivity contribution is -0.145. The van der Waals surface area contributed by atoms with E-state index in [-0.39, 0.29) is 11.9 Å². The van der Waals surface area contributed by atoms with Crippen LogP contribution in [0.4, 0.5) is 10.1 Å². The Hall–Kier alpha value is -4.07. The van der Waals surface area contributed by atoms with E-state index in [2.05, 4.69) is 5.32 Å². The van der Waals surface area contributed by atoms with E-state index < -0.39 is 11.7 Å². The maximum atomic E-state index is 14.4. The fourth-order valence-corrected chi connectivity index (χ4v) is 4.75. The number of rotatable bonds is 7. The predicted octanol–water partition coefficient (Wildman–Crippen LogP) is 8.27. The number of nitrogens with one attached hydrogen (secondary N) is 1. The molecule has 0 bridgehead atoms. The number of fused-ring (bicyclic) bond motifs is 1. The van der Waals surface area contributed by atoms with Crippen molar-refractivity contribution in [3.05, 3.63) is 106 Å².